The molecule has 0 spiro atoms. The van der Waals surface area contributed by atoms with Crippen molar-refractivity contribution in [2.24, 2.45) is 17.8 Å². The fourth-order valence-corrected chi connectivity index (χ4v) is 4.20. The molecule has 7 atom stereocenters. The number of aliphatic hydroxyl groups is 2. The van der Waals surface area contributed by atoms with Crippen molar-refractivity contribution in [1.29, 1.82) is 0 Å². The van der Waals surface area contributed by atoms with E-state index in [1.165, 1.54) is 6.42 Å². The summed E-state index contributed by atoms with van der Waals surface area (Å²) in [6, 6.07) is 0. The molecule has 3 aliphatic rings. The van der Waals surface area contributed by atoms with Crippen LogP contribution in [-0.4, -0.2) is 46.8 Å². The zero-order chi connectivity index (χ0) is 13.8. The molecule has 110 valence electrons. The highest BCUT2D eigenvalue weighted by Gasteiger charge is 2.58. The molecule has 0 aromatic rings. The Balaban J connectivity index is 1.71. The lowest BCUT2D eigenvalue weighted by Gasteiger charge is -2.42. The third-order valence-corrected chi connectivity index (χ3v) is 5.03. The SMILES string of the molecule is CC(C)CC1(C)OC(C2OCC(O)C2O)CC2C[C@@H]21. The van der Waals surface area contributed by atoms with E-state index in [4.69, 9.17) is 9.47 Å². The lowest BCUT2D eigenvalue weighted by Crippen LogP contribution is -2.49. The summed E-state index contributed by atoms with van der Waals surface area (Å²) in [6.07, 6.45) is 1.27. The topological polar surface area (TPSA) is 58.9 Å². The van der Waals surface area contributed by atoms with Gasteiger partial charge in [0.15, 0.2) is 0 Å². The summed E-state index contributed by atoms with van der Waals surface area (Å²) in [5.41, 5.74) is -0.0849. The smallest absolute Gasteiger partial charge is 0.112 e. The molecule has 1 saturated carbocycles. The van der Waals surface area contributed by atoms with Crippen molar-refractivity contribution in [3.63, 3.8) is 0 Å². The average molecular weight is 270 g/mol. The van der Waals surface area contributed by atoms with Gasteiger partial charge in [-0.25, -0.2) is 0 Å². The molecule has 0 aromatic heterocycles. The fourth-order valence-electron chi connectivity index (χ4n) is 4.20. The fraction of sp³-hybridized carbons (Fsp3) is 1.00. The number of hydrogen-bond acceptors (Lipinski definition) is 4. The van der Waals surface area contributed by atoms with E-state index < -0.39 is 12.2 Å². The number of rotatable bonds is 3. The van der Waals surface area contributed by atoms with Gasteiger partial charge in [0.05, 0.1) is 18.3 Å². The molecule has 2 aliphatic heterocycles. The van der Waals surface area contributed by atoms with Crippen LogP contribution < -0.4 is 0 Å². The number of aliphatic hydroxyl groups excluding tert-OH is 2. The van der Waals surface area contributed by atoms with E-state index in [9.17, 15) is 10.2 Å². The van der Waals surface area contributed by atoms with Crippen molar-refractivity contribution in [2.75, 3.05) is 6.61 Å². The van der Waals surface area contributed by atoms with Crippen LogP contribution >= 0.6 is 0 Å². The molecular formula is C15H26O4. The summed E-state index contributed by atoms with van der Waals surface area (Å²) in [4.78, 5) is 0. The largest absolute Gasteiger partial charge is 0.388 e. The third-order valence-electron chi connectivity index (χ3n) is 5.03. The van der Waals surface area contributed by atoms with Crippen molar-refractivity contribution in [3.8, 4) is 0 Å². The van der Waals surface area contributed by atoms with Crippen molar-refractivity contribution < 1.29 is 19.7 Å². The second-order valence-electron chi connectivity index (χ2n) is 7.26. The van der Waals surface area contributed by atoms with Gasteiger partial charge in [-0.05, 0) is 43.9 Å². The molecule has 19 heavy (non-hydrogen) atoms. The first-order valence-corrected chi connectivity index (χ1v) is 7.56. The Labute approximate surface area is 115 Å². The van der Waals surface area contributed by atoms with Gasteiger partial charge in [0.1, 0.15) is 18.3 Å². The maximum absolute atomic E-state index is 10.0. The van der Waals surface area contributed by atoms with E-state index in [0.29, 0.717) is 11.8 Å². The second kappa shape index (κ2) is 4.69. The van der Waals surface area contributed by atoms with Crippen molar-refractivity contribution in [2.45, 2.75) is 70.1 Å². The van der Waals surface area contributed by atoms with E-state index >= 15 is 0 Å². The first-order valence-electron chi connectivity index (χ1n) is 7.56. The van der Waals surface area contributed by atoms with Crippen LogP contribution in [0.25, 0.3) is 0 Å². The highest BCUT2D eigenvalue weighted by atomic mass is 16.6. The van der Waals surface area contributed by atoms with Crippen LogP contribution in [0.15, 0.2) is 0 Å². The van der Waals surface area contributed by atoms with Crippen LogP contribution in [0, 0.1) is 17.8 Å². The van der Waals surface area contributed by atoms with Crippen LogP contribution in [0.3, 0.4) is 0 Å². The molecule has 0 radical (unpaired) electrons. The molecule has 6 unspecified atom stereocenters. The quantitative estimate of drug-likeness (QED) is 0.812. The van der Waals surface area contributed by atoms with E-state index in [0.717, 1.165) is 18.8 Å². The summed E-state index contributed by atoms with van der Waals surface area (Å²) in [6.45, 7) is 6.88. The summed E-state index contributed by atoms with van der Waals surface area (Å²) in [5, 5.41) is 19.6. The van der Waals surface area contributed by atoms with Gasteiger partial charge in [-0.15, -0.1) is 0 Å². The highest BCUT2D eigenvalue weighted by molar-refractivity contribution is 5.07. The Morgan fingerprint density at radius 3 is 2.58 bits per heavy atom. The molecule has 2 saturated heterocycles. The van der Waals surface area contributed by atoms with Gasteiger partial charge in [0, 0.05) is 0 Å². The molecule has 2 heterocycles. The molecule has 0 aromatic carbocycles. The van der Waals surface area contributed by atoms with Crippen LogP contribution in [0.4, 0.5) is 0 Å². The Bertz CT molecular complexity index is 345. The molecule has 2 N–H and O–H groups in total. The zero-order valence-electron chi connectivity index (χ0n) is 12.1. The average Bonchev–Trinajstić information content (AvgIpc) is 3.01. The van der Waals surface area contributed by atoms with E-state index in [1.54, 1.807) is 0 Å². The van der Waals surface area contributed by atoms with Crippen LogP contribution in [0.5, 0.6) is 0 Å². The Hall–Kier alpha value is -0.160. The maximum Gasteiger partial charge on any atom is 0.112 e. The molecule has 0 bridgehead atoms. The predicted octanol–water partition coefficient (Wildman–Crippen LogP) is 1.34. The standard InChI is InChI=1S/C15H26O4/c1-8(2)6-15(3)10-4-9(10)5-12(19-15)14-13(17)11(16)7-18-14/h8-14,16-17H,4-7H2,1-3H3/t9?,10-,11?,12?,13?,14?,15?/m0/s1. The molecule has 4 nitrogen and oxygen atoms in total. The molecule has 0 amide bonds. The zero-order valence-corrected chi connectivity index (χ0v) is 12.1. The maximum atomic E-state index is 10.0. The normalized spacial score (nSPS) is 53.4. The lowest BCUT2D eigenvalue weighted by atomic mass is 9.84. The molecule has 3 fully saturated rings. The van der Waals surface area contributed by atoms with Crippen molar-refractivity contribution >= 4 is 0 Å². The minimum atomic E-state index is -0.802. The molecule has 4 heteroatoms. The van der Waals surface area contributed by atoms with Crippen LogP contribution in [-0.2, 0) is 9.47 Å². The number of fused-ring (bicyclic) bond motifs is 1. The van der Waals surface area contributed by atoms with E-state index in [-0.39, 0.29) is 24.4 Å². The summed E-state index contributed by atoms with van der Waals surface area (Å²) < 4.78 is 11.9. The van der Waals surface area contributed by atoms with Crippen molar-refractivity contribution in [3.05, 3.63) is 0 Å². The summed E-state index contributed by atoms with van der Waals surface area (Å²) >= 11 is 0. The van der Waals surface area contributed by atoms with Gasteiger partial charge in [-0.1, -0.05) is 13.8 Å². The van der Waals surface area contributed by atoms with E-state index in [1.807, 2.05) is 0 Å². The minimum Gasteiger partial charge on any atom is -0.388 e. The Morgan fingerprint density at radius 2 is 2.00 bits per heavy atom. The number of hydrogen-bond donors (Lipinski definition) is 2. The Morgan fingerprint density at radius 1 is 1.26 bits per heavy atom. The Kier molecular flexibility index (Phi) is 3.41. The second-order valence-corrected chi connectivity index (χ2v) is 7.26. The summed E-state index contributed by atoms with van der Waals surface area (Å²) in [5.74, 6) is 2.00. The summed E-state index contributed by atoms with van der Waals surface area (Å²) in [7, 11) is 0. The van der Waals surface area contributed by atoms with E-state index in [2.05, 4.69) is 20.8 Å². The van der Waals surface area contributed by atoms with Gasteiger partial charge < -0.3 is 19.7 Å². The van der Waals surface area contributed by atoms with Gasteiger partial charge in [0.25, 0.3) is 0 Å². The minimum absolute atomic E-state index is 0.0698. The molecule has 3 rings (SSSR count). The van der Waals surface area contributed by atoms with Gasteiger partial charge in [0.2, 0.25) is 0 Å². The lowest BCUT2D eigenvalue weighted by molar-refractivity contribution is -0.183. The first kappa shape index (κ1) is 13.8. The van der Waals surface area contributed by atoms with Crippen molar-refractivity contribution in [1.82, 2.24) is 0 Å². The predicted molar refractivity (Wildman–Crippen MR) is 70.7 cm³/mol. The van der Waals surface area contributed by atoms with Gasteiger partial charge >= 0.3 is 0 Å². The van der Waals surface area contributed by atoms with Gasteiger partial charge in [-0.3, -0.25) is 0 Å². The first-order chi connectivity index (χ1) is 8.90. The third kappa shape index (κ3) is 2.44. The van der Waals surface area contributed by atoms with Gasteiger partial charge in [-0.2, -0.15) is 0 Å². The highest BCUT2D eigenvalue weighted by Crippen LogP contribution is 2.57. The van der Waals surface area contributed by atoms with Crippen LogP contribution in [0.1, 0.15) is 40.0 Å². The molecule has 1 aliphatic carbocycles. The number of ether oxygens (including phenoxy) is 2. The molecular weight excluding hydrogens is 244 g/mol. The van der Waals surface area contributed by atoms with Crippen LogP contribution in [0.2, 0.25) is 0 Å². The monoisotopic (exact) mass is 270 g/mol.